The molecule has 0 saturated heterocycles. The van der Waals surface area contributed by atoms with E-state index in [0.717, 1.165) is 22.4 Å². The fourth-order valence-corrected chi connectivity index (χ4v) is 2.41. The molecule has 0 aliphatic carbocycles. The number of Topliss-reactive ketones (excluding diaryl/α,β-unsaturated/α-hetero) is 1. The average molecular weight is 287 g/mol. The summed E-state index contributed by atoms with van der Waals surface area (Å²) in [4.78, 5) is 15.8. The van der Waals surface area contributed by atoms with Gasteiger partial charge in [0.2, 0.25) is 0 Å². The molecule has 1 heterocycles. The molecule has 0 saturated carbocycles. The molecule has 0 aliphatic heterocycles. The third kappa shape index (κ3) is 3.49. The minimum absolute atomic E-state index is 0.0549. The van der Waals surface area contributed by atoms with Crippen LogP contribution in [0.25, 0.3) is 11.3 Å². The van der Waals surface area contributed by atoms with Gasteiger partial charge in [0.05, 0.1) is 21.4 Å². The Morgan fingerprint density at radius 2 is 1.73 bits per heavy atom. The smallest absolute Gasteiger partial charge is 0.159 e. The summed E-state index contributed by atoms with van der Waals surface area (Å²) in [5, 5.41) is 0. The van der Waals surface area contributed by atoms with E-state index in [1.807, 2.05) is 30.3 Å². The van der Waals surface area contributed by atoms with E-state index in [0.29, 0.717) is 5.56 Å². The van der Waals surface area contributed by atoms with Gasteiger partial charge in [0.25, 0.3) is 0 Å². The van der Waals surface area contributed by atoms with Crippen molar-refractivity contribution in [3.63, 3.8) is 0 Å². The first-order valence-corrected chi connectivity index (χ1v) is 7.33. The van der Waals surface area contributed by atoms with Crippen LogP contribution in [0, 0.1) is 0 Å². The summed E-state index contributed by atoms with van der Waals surface area (Å²) in [6.45, 7) is 7.92. The first-order chi connectivity index (χ1) is 10.2. The van der Waals surface area contributed by atoms with Crippen molar-refractivity contribution in [2.24, 2.45) is 0 Å². The Balaban J connectivity index is 2.50. The first kappa shape index (κ1) is 16.5. The second kappa shape index (κ2) is 6.12. The molecule has 0 atom stereocenters. The average Bonchev–Trinajstić information content (AvgIpc) is 2.45. The van der Waals surface area contributed by atoms with Crippen molar-refractivity contribution in [2.45, 2.75) is 38.8 Å². The zero-order valence-corrected chi connectivity index (χ0v) is 13.6. The molecular weight excluding hydrogens is 268 g/mol. The third-order valence-electron chi connectivity index (χ3n) is 3.69. The largest absolute Gasteiger partial charge is 0.295 e. The molecule has 4 radical (unpaired) electrons. The predicted octanol–water partition coefficient (Wildman–Crippen LogP) is 3.58. The van der Waals surface area contributed by atoms with Crippen molar-refractivity contribution in [1.82, 2.24) is 4.98 Å². The van der Waals surface area contributed by atoms with E-state index in [1.54, 1.807) is 13.1 Å². The molecule has 2 nitrogen and oxygen atoms in total. The number of benzene rings is 1. The molecule has 0 N–H and O–H groups in total. The zero-order chi connectivity index (χ0) is 16.5. The van der Waals surface area contributed by atoms with Gasteiger partial charge in [0.15, 0.2) is 5.78 Å². The lowest BCUT2D eigenvalue weighted by atomic mass is 9.64. The normalized spacial score (nSPS) is 11.7. The fourth-order valence-electron chi connectivity index (χ4n) is 2.41. The summed E-state index contributed by atoms with van der Waals surface area (Å²) in [7, 11) is 11.7. The van der Waals surface area contributed by atoms with Crippen molar-refractivity contribution in [3.8, 4) is 11.3 Å². The van der Waals surface area contributed by atoms with Gasteiger partial charge in [-0.05, 0) is 29.5 Å². The van der Waals surface area contributed by atoms with Gasteiger partial charge in [-0.15, -0.1) is 0 Å². The number of carbonyl (C=O) groups excluding carboxylic acids is 1. The summed E-state index contributed by atoms with van der Waals surface area (Å²) in [6.07, 6.45) is 1.75. The van der Waals surface area contributed by atoms with Crippen LogP contribution >= 0.6 is 0 Å². The Bertz CT molecular complexity index is 685. The number of ketones is 1. The summed E-state index contributed by atoms with van der Waals surface area (Å²) in [5.74, 6) is 0.0549. The van der Waals surface area contributed by atoms with E-state index in [-0.39, 0.29) is 11.2 Å². The highest BCUT2D eigenvalue weighted by molar-refractivity contribution is 6.36. The number of hydrogen-bond acceptors (Lipinski definition) is 2. The highest BCUT2D eigenvalue weighted by atomic mass is 16.1. The highest BCUT2D eigenvalue weighted by Gasteiger charge is 2.20. The van der Waals surface area contributed by atoms with Gasteiger partial charge in [-0.3, -0.25) is 9.78 Å². The number of pyridine rings is 1. The lowest BCUT2D eigenvalue weighted by molar-refractivity contribution is 0.101. The van der Waals surface area contributed by atoms with Gasteiger partial charge in [0, 0.05) is 17.3 Å². The van der Waals surface area contributed by atoms with Gasteiger partial charge in [-0.25, -0.2) is 0 Å². The lowest BCUT2D eigenvalue weighted by Gasteiger charge is -2.25. The van der Waals surface area contributed by atoms with Crippen LogP contribution < -0.4 is 0 Å². The molecule has 0 bridgehead atoms. The van der Waals surface area contributed by atoms with E-state index >= 15 is 0 Å². The maximum absolute atomic E-state index is 11.4. The van der Waals surface area contributed by atoms with Gasteiger partial charge >= 0.3 is 0 Å². The van der Waals surface area contributed by atoms with E-state index in [9.17, 15) is 4.79 Å². The van der Waals surface area contributed by atoms with Crippen LogP contribution in [0.5, 0.6) is 0 Å². The Kier molecular flexibility index (Phi) is 4.60. The van der Waals surface area contributed by atoms with Crippen LogP contribution in [-0.4, -0.2) is 26.5 Å². The van der Waals surface area contributed by atoms with Crippen molar-refractivity contribution in [3.05, 3.63) is 53.2 Å². The molecule has 22 heavy (non-hydrogen) atoms. The van der Waals surface area contributed by atoms with Crippen LogP contribution in [0.1, 0.15) is 54.9 Å². The molecular formula is C18H19B2NO. The molecule has 1 aromatic heterocycles. The van der Waals surface area contributed by atoms with E-state index in [2.05, 4.69) is 25.8 Å². The lowest BCUT2D eigenvalue weighted by Crippen LogP contribution is -2.17. The molecule has 0 amide bonds. The molecule has 0 unspecified atom stereocenters. The Labute approximate surface area is 135 Å². The van der Waals surface area contributed by atoms with Crippen LogP contribution in [0.15, 0.2) is 36.5 Å². The maximum Gasteiger partial charge on any atom is 0.159 e. The van der Waals surface area contributed by atoms with Crippen LogP contribution in [-0.2, 0) is 5.41 Å². The number of aromatic nitrogens is 1. The molecule has 0 fully saturated rings. The highest BCUT2D eigenvalue weighted by Crippen LogP contribution is 2.31. The maximum atomic E-state index is 11.4. The Hall–Kier alpha value is -1.83. The van der Waals surface area contributed by atoms with Gasteiger partial charge in [-0.1, -0.05) is 50.8 Å². The van der Waals surface area contributed by atoms with E-state index < -0.39 is 5.72 Å². The van der Waals surface area contributed by atoms with E-state index in [1.165, 1.54) is 0 Å². The summed E-state index contributed by atoms with van der Waals surface area (Å²) >= 11 is 0. The second-order valence-corrected chi connectivity index (χ2v) is 6.57. The van der Waals surface area contributed by atoms with Crippen LogP contribution in [0.2, 0.25) is 0 Å². The molecule has 2 rings (SSSR count). The fraction of sp³-hybridized carbons (Fsp3) is 0.333. The van der Waals surface area contributed by atoms with Crippen LogP contribution in [0.4, 0.5) is 0 Å². The SMILES string of the molecule is [B]C([B])c1cnc(-c2ccc(C(C)=O)cc2)cc1C(C)(C)C. The Morgan fingerprint density at radius 1 is 1.14 bits per heavy atom. The van der Waals surface area contributed by atoms with Crippen molar-refractivity contribution < 1.29 is 4.79 Å². The van der Waals surface area contributed by atoms with Gasteiger partial charge in [-0.2, -0.15) is 0 Å². The minimum atomic E-state index is -0.545. The monoisotopic (exact) mass is 287 g/mol. The number of nitrogens with zero attached hydrogens (tertiary/aromatic N) is 1. The van der Waals surface area contributed by atoms with Crippen molar-refractivity contribution in [2.75, 3.05) is 0 Å². The first-order valence-electron chi connectivity index (χ1n) is 7.33. The molecule has 108 valence electrons. The van der Waals surface area contributed by atoms with Crippen LogP contribution in [0.3, 0.4) is 0 Å². The number of carbonyl (C=O) groups is 1. The number of rotatable bonds is 3. The molecule has 0 aliphatic rings. The van der Waals surface area contributed by atoms with Gasteiger partial charge in [0.1, 0.15) is 0 Å². The third-order valence-corrected chi connectivity index (χ3v) is 3.69. The molecule has 2 aromatic rings. The topological polar surface area (TPSA) is 30.0 Å². The predicted molar refractivity (Wildman–Crippen MR) is 92.6 cm³/mol. The quantitative estimate of drug-likeness (QED) is 0.638. The molecule has 0 spiro atoms. The van der Waals surface area contributed by atoms with Crippen molar-refractivity contribution >= 4 is 21.5 Å². The summed E-state index contributed by atoms with van der Waals surface area (Å²) in [6, 6.07) is 9.49. The second-order valence-electron chi connectivity index (χ2n) is 6.57. The molecule has 1 aromatic carbocycles. The minimum Gasteiger partial charge on any atom is -0.295 e. The zero-order valence-electron chi connectivity index (χ0n) is 13.6. The Morgan fingerprint density at radius 3 is 2.18 bits per heavy atom. The molecule has 4 heteroatoms. The van der Waals surface area contributed by atoms with Crippen molar-refractivity contribution in [1.29, 1.82) is 0 Å². The van der Waals surface area contributed by atoms with Gasteiger partial charge < -0.3 is 0 Å². The van der Waals surface area contributed by atoms with E-state index in [4.69, 9.17) is 15.7 Å². The summed E-state index contributed by atoms with van der Waals surface area (Å²) < 4.78 is 0. The number of hydrogen-bond donors (Lipinski definition) is 0. The summed E-state index contributed by atoms with van der Waals surface area (Å²) in [5.41, 5.74) is 3.83. The standard InChI is InChI=1S/C18H19B2NO/c1-11(22)12-5-7-13(8-6-12)16-9-15(18(2,3)4)14(10-21-16)17(19)20/h5-10,17H,1-4H3.